The van der Waals surface area contributed by atoms with E-state index < -0.39 is 24.4 Å². The quantitative estimate of drug-likeness (QED) is 0.527. The van der Waals surface area contributed by atoms with Crippen molar-refractivity contribution in [1.82, 2.24) is 5.32 Å². The number of amides is 1. The lowest BCUT2D eigenvalue weighted by molar-refractivity contribution is -0.121. The minimum atomic E-state index is -2.77. The van der Waals surface area contributed by atoms with Gasteiger partial charge in [0.05, 0.1) is 0 Å². The highest BCUT2D eigenvalue weighted by molar-refractivity contribution is 5.76. The van der Waals surface area contributed by atoms with E-state index >= 15 is 0 Å². The molecule has 0 bridgehead atoms. The summed E-state index contributed by atoms with van der Waals surface area (Å²) in [7, 11) is 0. The van der Waals surface area contributed by atoms with E-state index in [2.05, 4.69) is 5.32 Å². The molecule has 4 N–H and O–H groups in total. The number of primary amides is 1. The molecule has 0 aromatic carbocycles. The fraction of sp³-hybridized carbons (Fsp3) is 0.857. The van der Waals surface area contributed by atoms with E-state index in [4.69, 9.17) is 10.8 Å². The Morgan fingerprint density at radius 1 is 1.54 bits per heavy atom. The number of alkyl halides is 2. The third kappa shape index (κ3) is 5.48. The van der Waals surface area contributed by atoms with Gasteiger partial charge in [0.15, 0.2) is 0 Å². The number of hydrogen-bond donors (Lipinski definition) is 3. The first-order valence-electron chi connectivity index (χ1n) is 3.91. The Bertz CT molecular complexity index is 167. The maximum absolute atomic E-state index is 11.7. The van der Waals surface area contributed by atoms with Gasteiger partial charge in [-0.15, -0.1) is 0 Å². The lowest BCUT2D eigenvalue weighted by Crippen LogP contribution is -2.37. The van der Waals surface area contributed by atoms with Crippen molar-refractivity contribution in [2.24, 2.45) is 11.7 Å². The number of rotatable bonds is 6. The molecule has 0 aromatic rings. The lowest BCUT2D eigenvalue weighted by atomic mass is 10.2. The highest BCUT2D eigenvalue weighted by Gasteiger charge is 2.16. The summed E-state index contributed by atoms with van der Waals surface area (Å²) in [6.45, 7) is 1.53. The normalized spacial score (nSPS) is 15.8. The first-order chi connectivity index (χ1) is 5.95. The van der Waals surface area contributed by atoms with Crippen molar-refractivity contribution in [3.63, 3.8) is 0 Å². The highest BCUT2D eigenvalue weighted by Crippen LogP contribution is 1.98. The van der Waals surface area contributed by atoms with Crippen LogP contribution in [0.15, 0.2) is 0 Å². The van der Waals surface area contributed by atoms with Crippen LogP contribution in [0.3, 0.4) is 0 Å². The number of nitrogens with two attached hydrogens (primary N) is 1. The van der Waals surface area contributed by atoms with Gasteiger partial charge in [0.2, 0.25) is 5.91 Å². The Balaban J connectivity index is 3.50. The average Bonchev–Trinajstić information content (AvgIpc) is 2.03. The van der Waals surface area contributed by atoms with E-state index in [9.17, 15) is 13.6 Å². The Morgan fingerprint density at radius 3 is 2.46 bits per heavy atom. The zero-order chi connectivity index (χ0) is 10.4. The molecule has 0 aliphatic heterocycles. The maximum atomic E-state index is 11.7. The molecule has 4 nitrogen and oxygen atoms in total. The van der Waals surface area contributed by atoms with Gasteiger partial charge in [-0.1, -0.05) is 6.92 Å². The molecule has 6 heteroatoms. The Labute approximate surface area is 75.1 Å². The van der Waals surface area contributed by atoms with Crippen LogP contribution in [0.5, 0.6) is 0 Å². The van der Waals surface area contributed by atoms with Gasteiger partial charge in [-0.25, -0.2) is 8.78 Å². The van der Waals surface area contributed by atoms with Crippen molar-refractivity contribution >= 4 is 5.91 Å². The fourth-order valence-corrected chi connectivity index (χ4v) is 0.637. The molecule has 0 radical (unpaired) electrons. The second kappa shape index (κ2) is 5.82. The van der Waals surface area contributed by atoms with E-state index in [-0.39, 0.29) is 13.1 Å². The van der Waals surface area contributed by atoms with Crippen molar-refractivity contribution in [1.29, 1.82) is 0 Å². The van der Waals surface area contributed by atoms with Crippen molar-refractivity contribution in [3.8, 4) is 0 Å². The Hall–Kier alpha value is -0.750. The van der Waals surface area contributed by atoms with Crippen LogP contribution in [0.2, 0.25) is 0 Å². The zero-order valence-electron chi connectivity index (χ0n) is 7.34. The number of halogens is 2. The second-order valence-electron chi connectivity index (χ2n) is 2.86. The SMILES string of the molecule is CC(CNCC(O)C(F)F)C(N)=O. The number of nitrogens with one attached hydrogen (secondary N) is 1. The summed E-state index contributed by atoms with van der Waals surface area (Å²) < 4.78 is 23.5. The molecule has 0 aliphatic rings. The minimum absolute atomic E-state index is 0.194. The summed E-state index contributed by atoms with van der Waals surface area (Å²) in [5, 5.41) is 11.2. The van der Waals surface area contributed by atoms with Crippen LogP contribution in [0.1, 0.15) is 6.92 Å². The summed E-state index contributed by atoms with van der Waals surface area (Å²) in [4.78, 5) is 10.5. The van der Waals surface area contributed by atoms with E-state index in [1.54, 1.807) is 6.92 Å². The number of hydrogen-bond acceptors (Lipinski definition) is 3. The molecule has 0 saturated heterocycles. The second-order valence-corrected chi connectivity index (χ2v) is 2.86. The van der Waals surface area contributed by atoms with E-state index in [0.29, 0.717) is 0 Å². The standard InChI is InChI=1S/C7H14F2N2O2/c1-4(7(10)13)2-11-3-5(12)6(8)9/h4-6,11-12H,2-3H2,1H3,(H2,10,13). The number of carbonyl (C=O) groups excluding carboxylic acids is 1. The van der Waals surface area contributed by atoms with Gasteiger partial charge in [0.1, 0.15) is 6.10 Å². The van der Waals surface area contributed by atoms with Gasteiger partial charge in [-0.3, -0.25) is 4.79 Å². The molecule has 2 unspecified atom stereocenters. The molecular weight excluding hydrogens is 182 g/mol. The molecule has 1 amide bonds. The summed E-state index contributed by atoms with van der Waals surface area (Å²) in [6.07, 6.45) is -4.46. The molecular formula is C7H14F2N2O2. The summed E-state index contributed by atoms with van der Waals surface area (Å²) >= 11 is 0. The minimum Gasteiger partial charge on any atom is -0.386 e. The molecule has 0 aliphatic carbocycles. The van der Waals surface area contributed by atoms with E-state index in [1.165, 1.54) is 0 Å². The van der Waals surface area contributed by atoms with E-state index in [1.807, 2.05) is 0 Å². The van der Waals surface area contributed by atoms with Gasteiger partial charge >= 0.3 is 0 Å². The van der Waals surface area contributed by atoms with Crippen LogP contribution in [-0.4, -0.2) is 36.6 Å². The van der Waals surface area contributed by atoms with Crippen molar-refractivity contribution in [2.45, 2.75) is 19.5 Å². The number of carbonyl (C=O) groups is 1. The van der Waals surface area contributed by atoms with Gasteiger partial charge in [0.25, 0.3) is 6.43 Å². The molecule has 78 valence electrons. The predicted molar refractivity (Wildman–Crippen MR) is 43.2 cm³/mol. The molecule has 13 heavy (non-hydrogen) atoms. The molecule has 0 rings (SSSR count). The molecule has 0 fully saturated rings. The third-order valence-electron chi connectivity index (χ3n) is 1.58. The molecule has 2 atom stereocenters. The molecule has 0 spiro atoms. The first kappa shape index (κ1) is 12.2. The van der Waals surface area contributed by atoms with Gasteiger partial charge in [-0.2, -0.15) is 0 Å². The third-order valence-corrected chi connectivity index (χ3v) is 1.58. The lowest BCUT2D eigenvalue weighted by Gasteiger charge is -2.12. The van der Waals surface area contributed by atoms with Crippen LogP contribution >= 0.6 is 0 Å². The topological polar surface area (TPSA) is 75.3 Å². The van der Waals surface area contributed by atoms with Crippen molar-refractivity contribution < 1.29 is 18.7 Å². The van der Waals surface area contributed by atoms with Crippen molar-refractivity contribution in [3.05, 3.63) is 0 Å². The van der Waals surface area contributed by atoms with Crippen LogP contribution < -0.4 is 11.1 Å². The monoisotopic (exact) mass is 196 g/mol. The summed E-state index contributed by atoms with van der Waals surface area (Å²) in [6, 6.07) is 0. The largest absolute Gasteiger partial charge is 0.386 e. The maximum Gasteiger partial charge on any atom is 0.265 e. The van der Waals surface area contributed by atoms with Gasteiger partial charge in [0, 0.05) is 19.0 Å². The molecule has 0 aromatic heterocycles. The number of aliphatic hydroxyl groups is 1. The zero-order valence-corrected chi connectivity index (χ0v) is 7.34. The van der Waals surface area contributed by atoms with Crippen molar-refractivity contribution in [2.75, 3.05) is 13.1 Å². The van der Waals surface area contributed by atoms with Gasteiger partial charge < -0.3 is 16.2 Å². The smallest absolute Gasteiger partial charge is 0.265 e. The highest BCUT2D eigenvalue weighted by atomic mass is 19.3. The average molecular weight is 196 g/mol. The van der Waals surface area contributed by atoms with Crippen LogP contribution in [0.25, 0.3) is 0 Å². The first-order valence-corrected chi connectivity index (χ1v) is 3.91. The van der Waals surface area contributed by atoms with Crippen LogP contribution in [-0.2, 0) is 4.79 Å². The van der Waals surface area contributed by atoms with Crippen LogP contribution in [0, 0.1) is 5.92 Å². The fourth-order valence-electron chi connectivity index (χ4n) is 0.637. The molecule has 0 saturated carbocycles. The predicted octanol–water partition coefficient (Wildman–Crippen LogP) is -0.677. The number of aliphatic hydroxyl groups excluding tert-OH is 1. The summed E-state index contributed by atoms with van der Waals surface area (Å²) in [5.41, 5.74) is 4.92. The Morgan fingerprint density at radius 2 is 2.08 bits per heavy atom. The summed E-state index contributed by atoms with van der Waals surface area (Å²) in [5.74, 6) is -0.927. The van der Waals surface area contributed by atoms with Crippen LogP contribution in [0.4, 0.5) is 8.78 Å². The molecule has 0 heterocycles. The van der Waals surface area contributed by atoms with Gasteiger partial charge in [-0.05, 0) is 0 Å². The Kier molecular flexibility index (Phi) is 5.48. The van der Waals surface area contributed by atoms with E-state index in [0.717, 1.165) is 0 Å².